The second-order valence-corrected chi connectivity index (χ2v) is 6.50. The summed E-state index contributed by atoms with van der Waals surface area (Å²) < 4.78 is 0. The van der Waals surface area contributed by atoms with Gasteiger partial charge in [-0.2, -0.15) is 0 Å². The van der Waals surface area contributed by atoms with E-state index in [1.54, 1.807) is 6.07 Å². The van der Waals surface area contributed by atoms with E-state index in [2.05, 4.69) is 31.3 Å². The Balaban J connectivity index is 1.90. The number of nitrogens with zero attached hydrogens (tertiary/aromatic N) is 1. The molecule has 0 aliphatic rings. The maximum atomic E-state index is 10.6. The van der Waals surface area contributed by atoms with Gasteiger partial charge in [0.25, 0.3) is 0 Å². The molecule has 0 radical (unpaired) electrons. The Bertz CT molecular complexity index is 579. The molecule has 1 aromatic heterocycles. The van der Waals surface area contributed by atoms with Crippen molar-refractivity contribution in [2.24, 2.45) is 0 Å². The quantitative estimate of drug-likeness (QED) is 0.651. The van der Waals surface area contributed by atoms with Gasteiger partial charge in [-0.05, 0) is 11.6 Å². The van der Waals surface area contributed by atoms with Crippen molar-refractivity contribution < 1.29 is 4.92 Å². The number of hydrogen-bond acceptors (Lipinski definition) is 4. The largest absolute Gasteiger partial charge is 0.324 e. The lowest BCUT2D eigenvalue weighted by Crippen LogP contribution is -2.32. The first-order valence-corrected chi connectivity index (χ1v) is 7.30. The molecule has 0 fully saturated rings. The van der Waals surface area contributed by atoms with Crippen LogP contribution in [0.3, 0.4) is 0 Å². The number of thiophene rings is 1. The number of benzene rings is 1. The molecule has 2 rings (SSSR count). The summed E-state index contributed by atoms with van der Waals surface area (Å²) in [6.07, 6.45) is 0. The zero-order valence-electron chi connectivity index (χ0n) is 11.6. The Labute approximate surface area is 122 Å². The zero-order chi connectivity index (χ0) is 14.6. The van der Waals surface area contributed by atoms with Crippen LogP contribution in [0.25, 0.3) is 0 Å². The van der Waals surface area contributed by atoms with Crippen molar-refractivity contribution in [3.8, 4) is 0 Å². The van der Waals surface area contributed by atoms with Crippen molar-refractivity contribution in [1.29, 1.82) is 0 Å². The standard InChI is InChI=1S/C15H18N2O2S/c1-15(2,12-6-4-3-5-7-12)11-16-10-13-8-9-14(20-13)17(18)19/h3-9,16H,10-11H2,1-2H3. The molecule has 4 nitrogen and oxygen atoms in total. The van der Waals surface area contributed by atoms with Gasteiger partial charge in [-0.3, -0.25) is 10.1 Å². The van der Waals surface area contributed by atoms with Crippen LogP contribution in [0.5, 0.6) is 0 Å². The van der Waals surface area contributed by atoms with Gasteiger partial charge in [0.15, 0.2) is 0 Å². The van der Waals surface area contributed by atoms with E-state index in [-0.39, 0.29) is 15.3 Å². The highest BCUT2D eigenvalue weighted by Gasteiger charge is 2.19. The van der Waals surface area contributed by atoms with E-state index in [9.17, 15) is 10.1 Å². The molecule has 0 amide bonds. The van der Waals surface area contributed by atoms with Crippen LogP contribution in [-0.4, -0.2) is 11.5 Å². The van der Waals surface area contributed by atoms with Crippen molar-refractivity contribution in [3.05, 3.63) is 63.0 Å². The van der Waals surface area contributed by atoms with Gasteiger partial charge in [0.05, 0.1) is 4.92 Å². The predicted molar refractivity (Wildman–Crippen MR) is 82.1 cm³/mol. The Kier molecular flexibility index (Phi) is 4.52. The third kappa shape index (κ3) is 3.65. The van der Waals surface area contributed by atoms with Crippen molar-refractivity contribution >= 4 is 16.3 Å². The molecule has 0 saturated heterocycles. The molecule has 2 aromatic rings. The van der Waals surface area contributed by atoms with Gasteiger partial charge < -0.3 is 5.32 Å². The topological polar surface area (TPSA) is 55.2 Å². The summed E-state index contributed by atoms with van der Waals surface area (Å²) in [5.41, 5.74) is 1.31. The Morgan fingerprint density at radius 2 is 1.90 bits per heavy atom. The monoisotopic (exact) mass is 290 g/mol. The number of hydrogen-bond donors (Lipinski definition) is 1. The van der Waals surface area contributed by atoms with Gasteiger partial charge >= 0.3 is 5.00 Å². The van der Waals surface area contributed by atoms with E-state index in [0.717, 1.165) is 11.4 Å². The van der Waals surface area contributed by atoms with Gasteiger partial charge in [-0.25, -0.2) is 0 Å². The summed E-state index contributed by atoms with van der Waals surface area (Å²) in [7, 11) is 0. The number of nitro groups is 1. The van der Waals surface area contributed by atoms with E-state index in [4.69, 9.17) is 0 Å². The van der Waals surface area contributed by atoms with Crippen molar-refractivity contribution in [3.63, 3.8) is 0 Å². The molecular formula is C15H18N2O2S. The molecule has 1 N–H and O–H groups in total. The molecule has 1 aromatic carbocycles. The zero-order valence-corrected chi connectivity index (χ0v) is 12.4. The van der Waals surface area contributed by atoms with E-state index in [1.165, 1.54) is 16.9 Å². The fourth-order valence-corrected chi connectivity index (χ4v) is 2.84. The van der Waals surface area contributed by atoms with Gasteiger partial charge in [-0.1, -0.05) is 55.5 Å². The van der Waals surface area contributed by atoms with Crippen molar-refractivity contribution in [2.45, 2.75) is 25.8 Å². The van der Waals surface area contributed by atoms with E-state index < -0.39 is 0 Å². The number of nitrogens with one attached hydrogen (secondary N) is 1. The van der Waals surface area contributed by atoms with Crippen LogP contribution in [0.4, 0.5) is 5.00 Å². The normalized spacial score (nSPS) is 11.5. The molecule has 0 spiro atoms. The van der Waals surface area contributed by atoms with E-state index in [1.807, 2.05) is 24.3 Å². The molecule has 20 heavy (non-hydrogen) atoms. The van der Waals surface area contributed by atoms with Gasteiger partial charge in [0.1, 0.15) is 0 Å². The Morgan fingerprint density at radius 1 is 1.20 bits per heavy atom. The summed E-state index contributed by atoms with van der Waals surface area (Å²) in [5, 5.41) is 14.2. The first-order valence-electron chi connectivity index (χ1n) is 6.48. The average Bonchev–Trinajstić information content (AvgIpc) is 2.89. The molecule has 0 aliphatic heterocycles. The minimum absolute atomic E-state index is 0.0322. The maximum Gasteiger partial charge on any atom is 0.324 e. The van der Waals surface area contributed by atoms with Crippen LogP contribution in [-0.2, 0) is 12.0 Å². The SMILES string of the molecule is CC(C)(CNCc1ccc([N+](=O)[O-])s1)c1ccccc1. The summed E-state index contributed by atoms with van der Waals surface area (Å²) >= 11 is 1.23. The van der Waals surface area contributed by atoms with Gasteiger partial charge in [0, 0.05) is 29.4 Å². The summed E-state index contributed by atoms with van der Waals surface area (Å²) in [4.78, 5) is 11.3. The molecule has 5 heteroatoms. The molecular weight excluding hydrogens is 272 g/mol. The van der Waals surface area contributed by atoms with E-state index >= 15 is 0 Å². The third-order valence-electron chi connectivity index (χ3n) is 3.25. The molecule has 0 aliphatic carbocycles. The van der Waals surface area contributed by atoms with Crippen LogP contribution in [0.1, 0.15) is 24.3 Å². The molecule has 0 bridgehead atoms. The lowest BCUT2D eigenvalue weighted by Gasteiger charge is -2.25. The predicted octanol–water partition coefficient (Wildman–Crippen LogP) is 3.72. The third-order valence-corrected chi connectivity index (χ3v) is 4.29. The van der Waals surface area contributed by atoms with Crippen LogP contribution in [0.15, 0.2) is 42.5 Å². The molecule has 106 valence electrons. The number of rotatable bonds is 6. The summed E-state index contributed by atoms with van der Waals surface area (Å²) in [5.74, 6) is 0. The average molecular weight is 290 g/mol. The first-order chi connectivity index (χ1) is 9.49. The first kappa shape index (κ1) is 14.7. The van der Waals surface area contributed by atoms with Crippen molar-refractivity contribution in [1.82, 2.24) is 5.32 Å². The smallest absolute Gasteiger partial charge is 0.311 e. The Morgan fingerprint density at radius 3 is 2.50 bits per heavy atom. The lowest BCUT2D eigenvalue weighted by atomic mass is 9.84. The van der Waals surface area contributed by atoms with Crippen LogP contribution < -0.4 is 5.32 Å². The minimum Gasteiger partial charge on any atom is -0.311 e. The van der Waals surface area contributed by atoms with Crippen LogP contribution >= 0.6 is 11.3 Å². The molecule has 0 unspecified atom stereocenters. The highest BCUT2D eigenvalue weighted by molar-refractivity contribution is 7.15. The van der Waals surface area contributed by atoms with Crippen LogP contribution in [0.2, 0.25) is 0 Å². The van der Waals surface area contributed by atoms with Gasteiger partial charge in [0.2, 0.25) is 0 Å². The maximum absolute atomic E-state index is 10.6. The summed E-state index contributed by atoms with van der Waals surface area (Å²) in [6.45, 7) is 5.86. The molecule has 0 saturated carbocycles. The Hall–Kier alpha value is -1.72. The highest BCUT2D eigenvalue weighted by atomic mass is 32.1. The summed E-state index contributed by atoms with van der Waals surface area (Å²) in [6, 6.07) is 13.7. The van der Waals surface area contributed by atoms with E-state index in [0.29, 0.717) is 6.54 Å². The second-order valence-electron chi connectivity index (χ2n) is 5.35. The second kappa shape index (κ2) is 6.15. The fourth-order valence-electron chi connectivity index (χ4n) is 2.05. The minimum atomic E-state index is -0.345. The van der Waals surface area contributed by atoms with Crippen LogP contribution in [0, 0.1) is 10.1 Å². The lowest BCUT2D eigenvalue weighted by molar-refractivity contribution is -0.380. The molecule has 0 atom stereocenters. The highest BCUT2D eigenvalue weighted by Crippen LogP contribution is 2.25. The molecule has 1 heterocycles. The fraction of sp³-hybridized carbons (Fsp3) is 0.333. The van der Waals surface area contributed by atoms with Gasteiger partial charge in [-0.15, -0.1) is 0 Å². The van der Waals surface area contributed by atoms with Crippen molar-refractivity contribution in [2.75, 3.05) is 6.54 Å².